The lowest BCUT2D eigenvalue weighted by Gasteiger charge is -2.13. The van der Waals surface area contributed by atoms with Crippen LogP contribution in [0.25, 0.3) is 10.1 Å². The van der Waals surface area contributed by atoms with Crippen LogP contribution in [0.5, 0.6) is 5.75 Å². The SMILES string of the molecule is COc1ccc2s[c+](C(C)(C)C)cc(C)c2c1.F[B-](F)(F)F. The zero-order valence-corrected chi connectivity index (χ0v) is 14.0. The summed E-state index contributed by atoms with van der Waals surface area (Å²) in [5.41, 5.74) is 1.53. The number of halogens is 4. The van der Waals surface area contributed by atoms with Crippen molar-refractivity contribution in [2.24, 2.45) is 0 Å². The first-order chi connectivity index (χ1) is 9.91. The van der Waals surface area contributed by atoms with E-state index in [0.717, 1.165) is 5.75 Å². The Morgan fingerprint density at radius 3 is 2.14 bits per heavy atom. The molecule has 0 spiro atoms. The van der Waals surface area contributed by atoms with Gasteiger partial charge < -0.3 is 22.0 Å². The normalized spacial score (nSPS) is 11.9. The minimum atomic E-state index is -6.00. The highest BCUT2D eigenvalue weighted by molar-refractivity contribution is 7.18. The van der Waals surface area contributed by atoms with E-state index in [2.05, 4.69) is 45.9 Å². The van der Waals surface area contributed by atoms with Crippen molar-refractivity contribution in [3.8, 4) is 5.75 Å². The maximum absolute atomic E-state index is 9.75. The van der Waals surface area contributed by atoms with E-state index in [1.54, 1.807) is 7.11 Å². The van der Waals surface area contributed by atoms with Gasteiger partial charge in [-0.05, 0) is 38.2 Å². The fraction of sp³-hybridized carbons (Fsp3) is 0.400. The summed E-state index contributed by atoms with van der Waals surface area (Å²) in [6, 6.07) is 8.60. The monoisotopic (exact) mass is 334 g/mol. The molecule has 0 fully saturated rings. The highest BCUT2D eigenvalue weighted by atomic mass is 32.1. The number of methoxy groups -OCH3 is 1. The van der Waals surface area contributed by atoms with E-state index in [1.165, 1.54) is 20.5 Å². The second kappa shape index (κ2) is 6.81. The highest BCUT2D eigenvalue weighted by Gasteiger charge is 2.23. The van der Waals surface area contributed by atoms with Crippen LogP contribution in [0, 0.1) is 6.92 Å². The minimum absolute atomic E-state index is 0.212. The van der Waals surface area contributed by atoms with Crippen LogP contribution in [-0.4, -0.2) is 14.4 Å². The Bertz CT molecular complexity index is 644. The van der Waals surface area contributed by atoms with Gasteiger partial charge in [0.25, 0.3) is 0 Å². The van der Waals surface area contributed by atoms with Crippen molar-refractivity contribution in [2.45, 2.75) is 33.1 Å². The minimum Gasteiger partial charge on any atom is -0.497 e. The van der Waals surface area contributed by atoms with Crippen molar-refractivity contribution in [3.63, 3.8) is 0 Å². The predicted molar refractivity (Wildman–Crippen MR) is 86.4 cm³/mol. The molecule has 7 heteroatoms. The number of benzene rings is 1. The quantitative estimate of drug-likeness (QED) is 0.348. The van der Waals surface area contributed by atoms with E-state index in [-0.39, 0.29) is 5.41 Å². The Morgan fingerprint density at radius 2 is 1.68 bits per heavy atom. The van der Waals surface area contributed by atoms with Crippen LogP contribution in [0.3, 0.4) is 0 Å². The predicted octanol–water partition coefficient (Wildman–Crippen LogP) is 6.10. The molecule has 0 amide bonds. The van der Waals surface area contributed by atoms with E-state index in [9.17, 15) is 17.3 Å². The van der Waals surface area contributed by atoms with Crippen molar-refractivity contribution >= 4 is 28.7 Å². The van der Waals surface area contributed by atoms with Crippen LogP contribution >= 0.6 is 11.3 Å². The van der Waals surface area contributed by atoms with Gasteiger partial charge in [0.05, 0.1) is 18.7 Å². The number of rotatable bonds is 1. The number of hydrogen-bond acceptors (Lipinski definition) is 2. The number of ether oxygens (including phenoxy) is 1. The van der Waals surface area contributed by atoms with Crippen molar-refractivity contribution in [1.82, 2.24) is 0 Å². The molecule has 0 saturated heterocycles. The van der Waals surface area contributed by atoms with Gasteiger partial charge in [-0.15, -0.1) is 0 Å². The first-order valence-electron chi connectivity index (χ1n) is 6.71. The van der Waals surface area contributed by atoms with Gasteiger partial charge in [0.2, 0.25) is 0 Å². The summed E-state index contributed by atoms with van der Waals surface area (Å²) in [5, 5.41) is 1.29. The van der Waals surface area contributed by atoms with Crippen LogP contribution in [0.2, 0.25) is 0 Å². The van der Waals surface area contributed by atoms with E-state index in [1.807, 2.05) is 17.4 Å². The molecular formula is C15H19BF4OS. The first-order valence-corrected chi connectivity index (χ1v) is 7.53. The van der Waals surface area contributed by atoms with Gasteiger partial charge in [-0.25, -0.2) is 0 Å². The van der Waals surface area contributed by atoms with E-state index in [0.29, 0.717) is 0 Å². The van der Waals surface area contributed by atoms with Crippen LogP contribution in [0.1, 0.15) is 31.2 Å². The third-order valence-corrected chi connectivity index (χ3v) is 4.44. The molecular weight excluding hydrogens is 315 g/mol. The van der Waals surface area contributed by atoms with Gasteiger partial charge in [-0.2, -0.15) is 0 Å². The second-order valence-corrected chi connectivity index (χ2v) is 6.98. The largest absolute Gasteiger partial charge is 0.673 e. The molecule has 0 bridgehead atoms. The summed E-state index contributed by atoms with van der Waals surface area (Å²) < 4.78 is 45.6. The fourth-order valence-electron chi connectivity index (χ4n) is 1.83. The van der Waals surface area contributed by atoms with Crippen molar-refractivity contribution in [3.05, 3.63) is 34.7 Å². The average Bonchev–Trinajstić information content (AvgIpc) is 2.35. The van der Waals surface area contributed by atoms with Crippen LogP contribution in [0.4, 0.5) is 17.3 Å². The Morgan fingerprint density at radius 1 is 1.14 bits per heavy atom. The van der Waals surface area contributed by atoms with Crippen LogP contribution < -0.4 is 4.74 Å². The standard InChI is InChI=1S/C15H19OS.BF4/c1-10-8-14(15(2,3)4)17-13-7-6-11(16-5)9-12(10)13;2-1(3,4)5/h6-9H,1-5H3;/q+1;-1. The summed E-state index contributed by atoms with van der Waals surface area (Å²) in [6.45, 7) is 8.94. The third-order valence-electron chi connectivity index (χ3n) is 2.92. The molecule has 0 radical (unpaired) electrons. The molecule has 0 saturated carbocycles. The van der Waals surface area contributed by atoms with Crippen molar-refractivity contribution < 1.29 is 22.0 Å². The van der Waals surface area contributed by atoms with E-state index >= 15 is 0 Å². The van der Waals surface area contributed by atoms with Gasteiger partial charge in [0.15, 0.2) is 0 Å². The first kappa shape index (κ1) is 18.7. The lowest BCUT2D eigenvalue weighted by molar-refractivity contribution is 0.368. The molecule has 1 heterocycles. The Balaban J connectivity index is 0.000000422. The highest BCUT2D eigenvalue weighted by Crippen LogP contribution is 2.34. The molecule has 1 nitrogen and oxygen atoms in total. The molecule has 0 aliphatic carbocycles. The Kier molecular flexibility index (Phi) is 5.79. The summed E-state index contributed by atoms with van der Waals surface area (Å²) >= 11 is 1.87. The van der Waals surface area contributed by atoms with Crippen LogP contribution in [-0.2, 0) is 5.41 Å². The number of hydrogen-bond donors (Lipinski definition) is 0. The van der Waals surface area contributed by atoms with Crippen molar-refractivity contribution in [1.29, 1.82) is 0 Å². The number of aryl methyl sites for hydroxylation is 1. The lowest BCUT2D eigenvalue weighted by atomic mass is 9.93. The van der Waals surface area contributed by atoms with Gasteiger partial charge in [0, 0.05) is 24.5 Å². The summed E-state index contributed by atoms with van der Waals surface area (Å²) in [6.07, 6.45) is 0. The van der Waals surface area contributed by atoms with Gasteiger partial charge in [-0.3, -0.25) is 0 Å². The Hall–Kier alpha value is -1.37. The van der Waals surface area contributed by atoms with Gasteiger partial charge >= 0.3 is 7.25 Å². The van der Waals surface area contributed by atoms with Crippen LogP contribution in [0.15, 0.2) is 24.3 Å². The Labute approximate surface area is 132 Å². The fourth-order valence-corrected chi connectivity index (χ4v) is 3.07. The molecule has 2 aromatic rings. The lowest BCUT2D eigenvalue weighted by Crippen LogP contribution is -2.09. The van der Waals surface area contributed by atoms with E-state index < -0.39 is 7.25 Å². The molecule has 22 heavy (non-hydrogen) atoms. The molecule has 0 atom stereocenters. The number of fused-ring (bicyclic) bond motifs is 1. The van der Waals surface area contributed by atoms with Crippen molar-refractivity contribution in [2.75, 3.05) is 7.11 Å². The smallest absolute Gasteiger partial charge is 0.497 e. The molecule has 1 aromatic heterocycles. The molecule has 2 rings (SSSR count). The molecule has 122 valence electrons. The second-order valence-electron chi connectivity index (χ2n) is 5.90. The maximum Gasteiger partial charge on any atom is 0.673 e. The summed E-state index contributed by atoms with van der Waals surface area (Å²) in [4.78, 5) is 1.42. The topological polar surface area (TPSA) is 9.23 Å². The molecule has 0 unspecified atom stereocenters. The summed E-state index contributed by atoms with van der Waals surface area (Å²) in [7, 11) is -4.29. The molecule has 0 N–H and O–H groups in total. The van der Waals surface area contributed by atoms with Gasteiger partial charge in [-0.1, -0.05) is 0 Å². The average molecular weight is 334 g/mol. The molecule has 0 aliphatic heterocycles. The third kappa shape index (κ3) is 5.79. The van der Waals surface area contributed by atoms with E-state index in [4.69, 9.17) is 4.74 Å². The molecule has 0 aliphatic rings. The summed E-state index contributed by atoms with van der Waals surface area (Å²) in [5.74, 6) is 0.927. The zero-order valence-electron chi connectivity index (χ0n) is 13.2. The maximum atomic E-state index is 9.75. The molecule has 1 aromatic carbocycles. The van der Waals surface area contributed by atoms with Gasteiger partial charge in [0.1, 0.15) is 20.7 Å². The zero-order chi connectivity index (χ0) is 17.1.